The van der Waals surface area contributed by atoms with Crippen LogP contribution in [0.1, 0.15) is 31.2 Å². The highest BCUT2D eigenvalue weighted by atomic mass is 19.1. The van der Waals surface area contributed by atoms with E-state index in [1.54, 1.807) is 18.3 Å². The molecule has 19 heavy (non-hydrogen) atoms. The van der Waals surface area contributed by atoms with E-state index < -0.39 is 0 Å². The second-order valence-corrected chi connectivity index (χ2v) is 5.13. The van der Waals surface area contributed by atoms with Gasteiger partial charge < -0.3 is 9.88 Å². The average Bonchev–Trinajstić information content (AvgIpc) is 3.03. The predicted molar refractivity (Wildman–Crippen MR) is 73.6 cm³/mol. The number of nitrogens with zero attached hydrogens (tertiary/aromatic N) is 2. The molecule has 0 unspecified atom stereocenters. The maximum absolute atomic E-state index is 13.2. The standard InChI is InChI=1S/C15H18FN3/c16-13-5-3-4-12(10-13)11-19-9-8-17-15(19)18-14-6-1-2-7-14/h3-5,8-10,14H,1-2,6-7,11H2,(H,17,18). The van der Waals surface area contributed by atoms with Crippen LogP contribution < -0.4 is 5.32 Å². The van der Waals surface area contributed by atoms with Gasteiger partial charge >= 0.3 is 0 Å². The Kier molecular flexibility index (Phi) is 3.49. The van der Waals surface area contributed by atoms with Gasteiger partial charge in [-0.05, 0) is 30.5 Å². The summed E-state index contributed by atoms with van der Waals surface area (Å²) in [6.45, 7) is 0.646. The van der Waals surface area contributed by atoms with Crippen molar-refractivity contribution >= 4 is 5.95 Å². The summed E-state index contributed by atoms with van der Waals surface area (Å²) >= 11 is 0. The van der Waals surface area contributed by atoms with Gasteiger partial charge in [0.15, 0.2) is 0 Å². The second kappa shape index (κ2) is 5.43. The van der Waals surface area contributed by atoms with E-state index in [0.29, 0.717) is 12.6 Å². The Morgan fingerprint density at radius 2 is 2.16 bits per heavy atom. The van der Waals surface area contributed by atoms with Gasteiger partial charge in [0.05, 0.1) is 6.54 Å². The van der Waals surface area contributed by atoms with Crippen molar-refractivity contribution in [2.45, 2.75) is 38.3 Å². The molecule has 1 aliphatic rings. The summed E-state index contributed by atoms with van der Waals surface area (Å²) < 4.78 is 15.2. The van der Waals surface area contributed by atoms with Crippen LogP contribution in [0.5, 0.6) is 0 Å². The van der Waals surface area contributed by atoms with Crippen LogP contribution in [-0.2, 0) is 6.54 Å². The van der Waals surface area contributed by atoms with Crippen molar-refractivity contribution in [3.63, 3.8) is 0 Å². The molecule has 0 spiro atoms. The smallest absolute Gasteiger partial charge is 0.203 e. The lowest BCUT2D eigenvalue weighted by Gasteiger charge is -2.14. The molecule has 1 fully saturated rings. The molecule has 0 aliphatic heterocycles. The van der Waals surface area contributed by atoms with Gasteiger partial charge in [-0.3, -0.25) is 0 Å². The number of halogens is 1. The minimum atomic E-state index is -0.192. The average molecular weight is 259 g/mol. The van der Waals surface area contributed by atoms with E-state index in [0.717, 1.165) is 11.5 Å². The van der Waals surface area contributed by atoms with Crippen molar-refractivity contribution in [2.75, 3.05) is 5.32 Å². The highest BCUT2D eigenvalue weighted by Crippen LogP contribution is 2.21. The Balaban J connectivity index is 1.72. The lowest BCUT2D eigenvalue weighted by molar-refractivity contribution is 0.623. The zero-order valence-electron chi connectivity index (χ0n) is 10.8. The normalized spacial score (nSPS) is 15.8. The highest BCUT2D eigenvalue weighted by Gasteiger charge is 2.16. The number of benzene rings is 1. The Bertz CT molecular complexity index is 544. The molecule has 3 rings (SSSR count). The second-order valence-electron chi connectivity index (χ2n) is 5.13. The SMILES string of the molecule is Fc1cccc(Cn2ccnc2NC2CCCC2)c1. The first kappa shape index (κ1) is 12.2. The molecule has 0 bridgehead atoms. The fourth-order valence-corrected chi connectivity index (χ4v) is 2.66. The monoisotopic (exact) mass is 259 g/mol. The summed E-state index contributed by atoms with van der Waals surface area (Å²) in [4.78, 5) is 4.36. The van der Waals surface area contributed by atoms with Gasteiger partial charge in [0, 0.05) is 18.4 Å². The molecule has 1 aromatic carbocycles. The third-order valence-electron chi connectivity index (χ3n) is 3.65. The van der Waals surface area contributed by atoms with E-state index in [4.69, 9.17) is 0 Å². The zero-order chi connectivity index (χ0) is 13.1. The molecule has 0 amide bonds. The molecule has 1 saturated carbocycles. The number of aromatic nitrogens is 2. The van der Waals surface area contributed by atoms with E-state index >= 15 is 0 Å². The van der Waals surface area contributed by atoms with E-state index in [1.165, 1.54) is 31.7 Å². The van der Waals surface area contributed by atoms with Crippen LogP contribution in [0.3, 0.4) is 0 Å². The van der Waals surface area contributed by atoms with Crippen LogP contribution in [0.4, 0.5) is 10.3 Å². The Morgan fingerprint density at radius 1 is 1.32 bits per heavy atom. The number of hydrogen-bond donors (Lipinski definition) is 1. The van der Waals surface area contributed by atoms with E-state index in [2.05, 4.69) is 10.3 Å². The zero-order valence-corrected chi connectivity index (χ0v) is 10.8. The minimum absolute atomic E-state index is 0.192. The van der Waals surface area contributed by atoms with Crippen LogP contribution in [-0.4, -0.2) is 15.6 Å². The molecule has 2 aromatic rings. The summed E-state index contributed by atoms with van der Waals surface area (Å²) in [5.41, 5.74) is 0.951. The van der Waals surface area contributed by atoms with E-state index in [-0.39, 0.29) is 5.82 Å². The lowest BCUT2D eigenvalue weighted by Crippen LogP contribution is -2.18. The fraction of sp³-hybridized carbons (Fsp3) is 0.400. The summed E-state index contributed by atoms with van der Waals surface area (Å²) in [5.74, 6) is 0.694. The maximum Gasteiger partial charge on any atom is 0.203 e. The van der Waals surface area contributed by atoms with Crippen LogP contribution in [0.2, 0.25) is 0 Å². The van der Waals surface area contributed by atoms with Gasteiger partial charge in [-0.15, -0.1) is 0 Å². The molecule has 1 heterocycles. The third-order valence-corrected chi connectivity index (χ3v) is 3.65. The topological polar surface area (TPSA) is 29.9 Å². The first-order valence-corrected chi connectivity index (χ1v) is 6.83. The van der Waals surface area contributed by atoms with Crippen molar-refractivity contribution in [3.05, 3.63) is 48.0 Å². The maximum atomic E-state index is 13.2. The van der Waals surface area contributed by atoms with Gasteiger partial charge in [0.1, 0.15) is 5.82 Å². The molecule has 4 heteroatoms. The molecule has 1 N–H and O–H groups in total. The molecule has 100 valence electrons. The van der Waals surface area contributed by atoms with Crippen LogP contribution in [0, 0.1) is 5.82 Å². The number of rotatable bonds is 4. The molecule has 1 aromatic heterocycles. The van der Waals surface area contributed by atoms with E-state index in [1.807, 2.05) is 16.8 Å². The lowest BCUT2D eigenvalue weighted by atomic mass is 10.2. The molecule has 0 radical (unpaired) electrons. The largest absolute Gasteiger partial charge is 0.353 e. The van der Waals surface area contributed by atoms with Gasteiger partial charge in [0.2, 0.25) is 5.95 Å². The van der Waals surface area contributed by atoms with Crippen LogP contribution in [0.15, 0.2) is 36.7 Å². The van der Waals surface area contributed by atoms with Crippen molar-refractivity contribution in [1.29, 1.82) is 0 Å². The molecule has 1 aliphatic carbocycles. The highest BCUT2D eigenvalue weighted by molar-refractivity contribution is 5.30. The summed E-state index contributed by atoms with van der Waals surface area (Å²) in [6, 6.07) is 7.25. The molecule has 0 saturated heterocycles. The van der Waals surface area contributed by atoms with Crippen LogP contribution in [0.25, 0.3) is 0 Å². The summed E-state index contributed by atoms with van der Waals surface area (Å²) in [7, 11) is 0. The van der Waals surface area contributed by atoms with Gasteiger partial charge in [-0.2, -0.15) is 0 Å². The first-order chi connectivity index (χ1) is 9.31. The fourth-order valence-electron chi connectivity index (χ4n) is 2.66. The molecular formula is C15H18FN3. The Morgan fingerprint density at radius 3 is 2.95 bits per heavy atom. The molecule has 0 atom stereocenters. The van der Waals surface area contributed by atoms with Crippen molar-refractivity contribution in [1.82, 2.24) is 9.55 Å². The molecular weight excluding hydrogens is 241 g/mol. The van der Waals surface area contributed by atoms with Gasteiger partial charge in [-0.1, -0.05) is 25.0 Å². The number of hydrogen-bond acceptors (Lipinski definition) is 2. The number of nitrogens with one attached hydrogen (secondary N) is 1. The van der Waals surface area contributed by atoms with Crippen molar-refractivity contribution < 1.29 is 4.39 Å². The Hall–Kier alpha value is -1.84. The van der Waals surface area contributed by atoms with E-state index in [9.17, 15) is 4.39 Å². The minimum Gasteiger partial charge on any atom is -0.353 e. The van der Waals surface area contributed by atoms with Crippen molar-refractivity contribution in [2.24, 2.45) is 0 Å². The predicted octanol–water partition coefficient (Wildman–Crippen LogP) is 3.43. The quantitative estimate of drug-likeness (QED) is 0.911. The van der Waals surface area contributed by atoms with Gasteiger partial charge in [0.25, 0.3) is 0 Å². The van der Waals surface area contributed by atoms with Crippen molar-refractivity contribution in [3.8, 4) is 0 Å². The van der Waals surface area contributed by atoms with Gasteiger partial charge in [-0.25, -0.2) is 9.37 Å². The number of anilines is 1. The van der Waals surface area contributed by atoms with Crippen LogP contribution >= 0.6 is 0 Å². The summed E-state index contributed by atoms with van der Waals surface area (Å²) in [6.07, 6.45) is 8.74. The first-order valence-electron chi connectivity index (χ1n) is 6.83. The Labute approximate surface area is 112 Å². The number of imidazole rings is 1. The summed E-state index contributed by atoms with van der Waals surface area (Å²) in [5, 5.41) is 3.48. The third kappa shape index (κ3) is 2.95. The molecule has 3 nitrogen and oxygen atoms in total.